The molecule has 1 heterocycles. The Kier molecular flexibility index (Phi) is 5.55. The van der Waals surface area contributed by atoms with E-state index in [0.29, 0.717) is 22.1 Å². The van der Waals surface area contributed by atoms with Crippen molar-refractivity contribution in [3.63, 3.8) is 0 Å². The average molecular weight is 424 g/mol. The fourth-order valence-corrected chi connectivity index (χ4v) is 3.57. The number of aromatic nitrogens is 1. The van der Waals surface area contributed by atoms with Crippen LogP contribution in [0.2, 0.25) is 0 Å². The van der Waals surface area contributed by atoms with Gasteiger partial charge in [0, 0.05) is 0 Å². The minimum absolute atomic E-state index is 0.172. The van der Waals surface area contributed by atoms with Gasteiger partial charge in [0.1, 0.15) is 16.2 Å². The molecule has 142 valence electrons. The molecule has 1 atom stereocenters. The second-order valence-electron chi connectivity index (χ2n) is 8.23. The van der Waals surface area contributed by atoms with Gasteiger partial charge in [0.25, 0.3) is 0 Å². The van der Waals surface area contributed by atoms with E-state index < -0.39 is 17.7 Å². The minimum atomic E-state index is -0.602. The summed E-state index contributed by atoms with van der Waals surface area (Å²) in [4.78, 5) is 29.4. The highest BCUT2D eigenvalue weighted by Gasteiger charge is 2.48. The van der Waals surface area contributed by atoms with Gasteiger partial charge in [-0.2, -0.15) is 0 Å². The first-order chi connectivity index (χ1) is 12.2. The zero-order valence-electron chi connectivity index (χ0n) is 15.4. The van der Waals surface area contributed by atoms with Crippen LogP contribution in [0.15, 0.2) is 22.9 Å². The third-order valence-electron chi connectivity index (χ3n) is 4.67. The smallest absolute Gasteiger partial charge is 0.408 e. The van der Waals surface area contributed by atoms with E-state index in [4.69, 9.17) is 4.74 Å². The number of anilines is 1. The molecule has 2 N–H and O–H groups in total. The van der Waals surface area contributed by atoms with Crippen LogP contribution in [0.1, 0.15) is 46.5 Å². The number of nitrogens with one attached hydrogen (secondary N) is 2. The van der Waals surface area contributed by atoms with Crippen LogP contribution in [0.25, 0.3) is 0 Å². The van der Waals surface area contributed by atoms with E-state index in [2.05, 4.69) is 31.5 Å². The molecule has 26 heavy (non-hydrogen) atoms. The van der Waals surface area contributed by atoms with Crippen molar-refractivity contribution in [2.75, 3.05) is 5.32 Å². The van der Waals surface area contributed by atoms with Gasteiger partial charge in [-0.3, -0.25) is 4.79 Å². The number of nitrogens with zero attached hydrogens (tertiary/aromatic N) is 1. The Hall–Kier alpha value is -1.63. The molecule has 1 aromatic heterocycles. The fraction of sp³-hybridized carbons (Fsp3) is 0.632. The highest BCUT2D eigenvalue weighted by Crippen LogP contribution is 2.50. The molecule has 2 aliphatic carbocycles. The number of carbonyl (C=O) groups is 2. The summed E-state index contributed by atoms with van der Waals surface area (Å²) >= 11 is 3.28. The predicted octanol–water partition coefficient (Wildman–Crippen LogP) is 4.11. The van der Waals surface area contributed by atoms with Gasteiger partial charge in [-0.05, 0) is 92.3 Å². The Morgan fingerprint density at radius 1 is 1.19 bits per heavy atom. The molecule has 6 nitrogen and oxygen atoms in total. The maximum absolute atomic E-state index is 13.0. The van der Waals surface area contributed by atoms with Crippen molar-refractivity contribution >= 4 is 33.6 Å². The molecule has 1 unspecified atom stereocenters. The molecule has 0 bridgehead atoms. The molecule has 0 saturated heterocycles. The molecular formula is C19H26BrN3O3. The van der Waals surface area contributed by atoms with Crippen LogP contribution < -0.4 is 10.6 Å². The Morgan fingerprint density at radius 2 is 1.81 bits per heavy atom. The lowest BCUT2D eigenvalue weighted by molar-refractivity contribution is -0.120. The van der Waals surface area contributed by atoms with Crippen molar-refractivity contribution in [3.8, 4) is 0 Å². The Bertz CT molecular complexity index is 652. The number of rotatable bonds is 6. The van der Waals surface area contributed by atoms with Gasteiger partial charge in [0.15, 0.2) is 0 Å². The first-order valence-corrected chi connectivity index (χ1v) is 9.94. The van der Waals surface area contributed by atoms with Crippen molar-refractivity contribution < 1.29 is 14.3 Å². The van der Waals surface area contributed by atoms with Gasteiger partial charge in [-0.1, -0.05) is 0 Å². The molecule has 0 aromatic carbocycles. The number of hydrogen-bond donors (Lipinski definition) is 2. The third-order valence-corrected chi connectivity index (χ3v) is 5.14. The molecule has 0 spiro atoms. The monoisotopic (exact) mass is 423 g/mol. The van der Waals surface area contributed by atoms with Crippen LogP contribution in [0, 0.1) is 17.8 Å². The maximum atomic E-state index is 13.0. The van der Waals surface area contributed by atoms with Gasteiger partial charge in [-0.15, -0.1) is 0 Å². The van der Waals surface area contributed by atoms with Crippen LogP contribution in [0.4, 0.5) is 10.5 Å². The van der Waals surface area contributed by atoms with E-state index in [9.17, 15) is 9.59 Å². The summed E-state index contributed by atoms with van der Waals surface area (Å²) in [6, 6.07) is 2.96. The van der Waals surface area contributed by atoms with E-state index in [1.165, 1.54) is 0 Å². The Morgan fingerprint density at radius 3 is 2.27 bits per heavy atom. The summed E-state index contributed by atoms with van der Waals surface area (Å²) in [5.74, 6) is 0.988. The standard InChI is InChI=1S/C19H26BrN3O3/c1-19(2,3)26-18(25)23-16(15(11-4-5-11)12-6-7-12)17(24)22-13-8-9-14(20)21-10-13/h8-12,15-16H,4-7H2,1-3H3,(H,22,24)(H,23,25). The number of carbonyl (C=O) groups excluding carboxylic acids is 2. The van der Waals surface area contributed by atoms with Crippen LogP contribution >= 0.6 is 15.9 Å². The summed E-state index contributed by atoms with van der Waals surface area (Å²) in [7, 11) is 0. The number of alkyl carbamates (subject to hydrolysis) is 1. The minimum Gasteiger partial charge on any atom is -0.444 e. The molecule has 2 saturated carbocycles. The van der Waals surface area contributed by atoms with Crippen molar-refractivity contribution in [1.82, 2.24) is 10.3 Å². The fourth-order valence-electron chi connectivity index (χ4n) is 3.33. The molecule has 2 amide bonds. The van der Waals surface area contributed by atoms with E-state index in [0.717, 1.165) is 25.7 Å². The first-order valence-electron chi connectivity index (χ1n) is 9.15. The lowest BCUT2D eigenvalue weighted by Gasteiger charge is -2.29. The third kappa shape index (κ3) is 5.43. The summed E-state index contributed by atoms with van der Waals surface area (Å²) in [6.45, 7) is 5.44. The summed E-state index contributed by atoms with van der Waals surface area (Å²) in [5, 5.41) is 5.74. The number of hydrogen-bond acceptors (Lipinski definition) is 4. The van der Waals surface area contributed by atoms with Gasteiger partial charge in [0.2, 0.25) is 5.91 Å². The van der Waals surface area contributed by atoms with Crippen LogP contribution in [-0.2, 0) is 9.53 Å². The number of halogens is 1. The van der Waals surface area contributed by atoms with Crippen molar-refractivity contribution in [2.24, 2.45) is 17.8 Å². The zero-order valence-corrected chi connectivity index (χ0v) is 17.0. The maximum Gasteiger partial charge on any atom is 0.408 e. The second kappa shape index (κ2) is 7.55. The normalized spacial score (nSPS) is 18.3. The molecular weight excluding hydrogens is 398 g/mol. The van der Waals surface area contributed by atoms with Crippen LogP contribution in [-0.4, -0.2) is 28.6 Å². The van der Waals surface area contributed by atoms with Gasteiger partial charge >= 0.3 is 6.09 Å². The number of amides is 2. The quantitative estimate of drug-likeness (QED) is 0.674. The molecule has 1 aromatic rings. The summed E-state index contributed by atoms with van der Waals surface area (Å²) < 4.78 is 6.09. The van der Waals surface area contributed by atoms with Gasteiger partial charge < -0.3 is 15.4 Å². The SMILES string of the molecule is CC(C)(C)OC(=O)NC(C(=O)Nc1ccc(Br)nc1)C(C1CC1)C1CC1. The molecule has 0 radical (unpaired) electrons. The number of pyridine rings is 1. The van der Waals surface area contributed by atoms with Crippen molar-refractivity contribution in [2.45, 2.75) is 58.1 Å². The van der Waals surface area contributed by atoms with Gasteiger partial charge in [0.05, 0.1) is 11.9 Å². The molecule has 7 heteroatoms. The zero-order chi connectivity index (χ0) is 18.9. The molecule has 2 fully saturated rings. The average Bonchev–Trinajstić information content (AvgIpc) is 3.41. The Labute approximate surface area is 162 Å². The van der Waals surface area contributed by atoms with Gasteiger partial charge in [-0.25, -0.2) is 9.78 Å². The van der Waals surface area contributed by atoms with Crippen molar-refractivity contribution in [3.05, 3.63) is 22.9 Å². The second-order valence-corrected chi connectivity index (χ2v) is 9.05. The first kappa shape index (κ1) is 19.1. The lowest BCUT2D eigenvalue weighted by atomic mass is 9.88. The molecule has 3 rings (SSSR count). The van der Waals surface area contributed by atoms with E-state index in [1.807, 2.05) is 20.8 Å². The van der Waals surface area contributed by atoms with Crippen LogP contribution in [0.3, 0.4) is 0 Å². The summed E-state index contributed by atoms with van der Waals surface area (Å²) in [5.41, 5.74) is 0.00889. The van der Waals surface area contributed by atoms with E-state index in [-0.39, 0.29) is 11.8 Å². The molecule has 0 aliphatic heterocycles. The Balaban J connectivity index is 1.74. The highest BCUT2D eigenvalue weighted by molar-refractivity contribution is 9.10. The highest BCUT2D eigenvalue weighted by atomic mass is 79.9. The van der Waals surface area contributed by atoms with E-state index in [1.54, 1.807) is 18.3 Å². The van der Waals surface area contributed by atoms with Crippen molar-refractivity contribution in [1.29, 1.82) is 0 Å². The molecule has 2 aliphatic rings. The summed E-state index contributed by atoms with van der Waals surface area (Å²) in [6.07, 6.45) is 5.55. The number of ether oxygens (including phenoxy) is 1. The van der Waals surface area contributed by atoms with E-state index >= 15 is 0 Å². The lowest BCUT2D eigenvalue weighted by Crippen LogP contribution is -2.51. The van der Waals surface area contributed by atoms with Crippen LogP contribution in [0.5, 0.6) is 0 Å². The topological polar surface area (TPSA) is 80.3 Å². The predicted molar refractivity (Wildman–Crippen MR) is 103 cm³/mol. The largest absolute Gasteiger partial charge is 0.444 e.